The molecule has 1 saturated carbocycles. The summed E-state index contributed by atoms with van der Waals surface area (Å²) in [6, 6.07) is -0.165. The number of alkyl halides is 2. The number of aryl methyl sites for hydroxylation is 1. The molecule has 0 aliphatic heterocycles. The zero-order valence-corrected chi connectivity index (χ0v) is 7.87. The van der Waals surface area contributed by atoms with Gasteiger partial charge in [-0.3, -0.25) is 0 Å². The first-order chi connectivity index (χ1) is 6.57. The van der Waals surface area contributed by atoms with Crippen LogP contribution in [0.2, 0.25) is 0 Å². The Morgan fingerprint density at radius 3 is 2.93 bits per heavy atom. The van der Waals surface area contributed by atoms with Crippen LogP contribution in [0.15, 0.2) is 6.20 Å². The Hall–Kier alpha value is -1.20. The predicted octanol–water partition coefficient (Wildman–Crippen LogP) is 1.41. The maximum Gasteiger partial charge on any atom is 0.250 e. The van der Waals surface area contributed by atoms with Gasteiger partial charge in [0.05, 0.1) is 6.20 Å². The molecule has 0 amide bonds. The first-order valence-corrected chi connectivity index (χ1v) is 4.56. The molecule has 0 saturated heterocycles. The third-order valence-corrected chi connectivity index (χ3v) is 2.47. The number of hydrogen-bond acceptors (Lipinski definition) is 3. The molecule has 1 aliphatic carbocycles. The third-order valence-electron chi connectivity index (χ3n) is 2.47. The van der Waals surface area contributed by atoms with Crippen molar-refractivity contribution in [1.82, 2.24) is 15.0 Å². The largest absolute Gasteiger partial charge is 0.366 e. The van der Waals surface area contributed by atoms with Gasteiger partial charge in [0.1, 0.15) is 5.82 Å². The van der Waals surface area contributed by atoms with Crippen LogP contribution in [-0.2, 0) is 7.05 Å². The second kappa shape index (κ2) is 3.18. The van der Waals surface area contributed by atoms with E-state index in [1.54, 1.807) is 7.05 Å². The molecular weight excluding hydrogens is 190 g/mol. The molecule has 14 heavy (non-hydrogen) atoms. The van der Waals surface area contributed by atoms with E-state index in [4.69, 9.17) is 0 Å². The van der Waals surface area contributed by atoms with Crippen molar-refractivity contribution in [2.45, 2.75) is 31.2 Å². The van der Waals surface area contributed by atoms with Gasteiger partial charge in [-0.25, -0.2) is 13.5 Å². The Morgan fingerprint density at radius 1 is 1.64 bits per heavy atom. The van der Waals surface area contributed by atoms with E-state index in [0.717, 1.165) is 0 Å². The summed E-state index contributed by atoms with van der Waals surface area (Å²) in [5, 5.41) is 10.4. The lowest BCUT2D eigenvalue weighted by molar-refractivity contribution is 0.00851. The molecule has 1 aromatic rings. The number of rotatable bonds is 2. The summed E-state index contributed by atoms with van der Waals surface area (Å²) in [6.45, 7) is 0. The summed E-state index contributed by atoms with van der Waals surface area (Å²) in [4.78, 5) is 0. The molecule has 1 heterocycles. The molecule has 0 spiro atoms. The lowest BCUT2D eigenvalue weighted by Crippen LogP contribution is -2.20. The smallest absolute Gasteiger partial charge is 0.250 e. The second-order valence-electron chi connectivity index (χ2n) is 3.68. The van der Waals surface area contributed by atoms with Crippen LogP contribution in [-0.4, -0.2) is 27.0 Å². The SMILES string of the molecule is Cn1nncc1NC1CCC(F)(F)C1. The summed E-state index contributed by atoms with van der Waals surface area (Å²) in [7, 11) is 1.72. The summed E-state index contributed by atoms with van der Waals surface area (Å²) in [5.74, 6) is -1.82. The molecule has 0 radical (unpaired) electrons. The Bertz CT molecular complexity index is 323. The van der Waals surface area contributed by atoms with Gasteiger partial charge >= 0.3 is 0 Å². The van der Waals surface area contributed by atoms with Gasteiger partial charge in [0.2, 0.25) is 5.92 Å². The van der Waals surface area contributed by atoms with E-state index in [-0.39, 0.29) is 18.9 Å². The van der Waals surface area contributed by atoms with Crippen LogP contribution >= 0.6 is 0 Å². The first-order valence-electron chi connectivity index (χ1n) is 4.56. The van der Waals surface area contributed by atoms with Gasteiger partial charge in [-0.15, -0.1) is 5.10 Å². The van der Waals surface area contributed by atoms with Crippen molar-refractivity contribution < 1.29 is 8.78 Å². The summed E-state index contributed by atoms with van der Waals surface area (Å²) in [6.07, 6.45) is 1.91. The molecular formula is C8H12F2N4. The fourth-order valence-electron chi connectivity index (χ4n) is 1.70. The minimum atomic E-state index is -2.51. The monoisotopic (exact) mass is 202 g/mol. The van der Waals surface area contributed by atoms with Crippen molar-refractivity contribution in [3.8, 4) is 0 Å². The Morgan fingerprint density at radius 2 is 2.43 bits per heavy atom. The third kappa shape index (κ3) is 1.83. The molecule has 4 nitrogen and oxygen atoms in total. The minimum absolute atomic E-state index is 0.0318. The standard InChI is InChI=1S/C8H12F2N4/c1-14-7(5-11-13-14)12-6-2-3-8(9,10)4-6/h5-6,12H,2-4H2,1H3. The molecule has 1 N–H and O–H groups in total. The number of anilines is 1. The van der Waals surface area contributed by atoms with Gasteiger partial charge in [0.25, 0.3) is 0 Å². The summed E-state index contributed by atoms with van der Waals surface area (Å²) >= 11 is 0. The molecule has 78 valence electrons. The zero-order valence-electron chi connectivity index (χ0n) is 7.87. The van der Waals surface area contributed by atoms with Crippen molar-refractivity contribution in [1.29, 1.82) is 0 Å². The van der Waals surface area contributed by atoms with E-state index in [1.807, 2.05) is 0 Å². The average Bonchev–Trinajstić information content (AvgIpc) is 2.61. The van der Waals surface area contributed by atoms with Crippen LogP contribution < -0.4 is 5.32 Å². The van der Waals surface area contributed by atoms with Crippen molar-refractivity contribution in [2.75, 3.05) is 5.32 Å². The topological polar surface area (TPSA) is 42.7 Å². The van der Waals surface area contributed by atoms with Crippen molar-refractivity contribution in [3.63, 3.8) is 0 Å². The van der Waals surface area contributed by atoms with Crippen molar-refractivity contribution in [3.05, 3.63) is 6.20 Å². The average molecular weight is 202 g/mol. The van der Waals surface area contributed by atoms with Crippen LogP contribution in [0.3, 0.4) is 0 Å². The van der Waals surface area contributed by atoms with Crippen molar-refractivity contribution in [2.24, 2.45) is 7.05 Å². The fraction of sp³-hybridized carbons (Fsp3) is 0.750. The van der Waals surface area contributed by atoms with Crippen LogP contribution in [0.4, 0.5) is 14.6 Å². The molecule has 1 aromatic heterocycles. The van der Waals surface area contributed by atoms with Gasteiger partial charge in [-0.2, -0.15) is 0 Å². The van der Waals surface area contributed by atoms with E-state index in [2.05, 4.69) is 15.6 Å². The predicted molar refractivity (Wildman–Crippen MR) is 47.2 cm³/mol. The number of hydrogen-bond donors (Lipinski definition) is 1. The minimum Gasteiger partial charge on any atom is -0.366 e. The molecule has 2 rings (SSSR count). The van der Waals surface area contributed by atoms with Crippen molar-refractivity contribution >= 4 is 5.82 Å². The summed E-state index contributed by atoms with van der Waals surface area (Å²) in [5.41, 5.74) is 0. The fourth-order valence-corrected chi connectivity index (χ4v) is 1.70. The Kier molecular flexibility index (Phi) is 2.13. The number of nitrogens with one attached hydrogen (secondary N) is 1. The second-order valence-corrected chi connectivity index (χ2v) is 3.68. The van der Waals surface area contributed by atoms with Gasteiger partial charge in [0.15, 0.2) is 0 Å². The highest BCUT2D eigenvalue weighted by Gasteiger charge is 2.39. The molecule has 0 aromatic carbocycles. The molecule has 1 aliphatic rings. The van der Waals surface area contributed by atoms with Gasteiger partial charge in [-0.05, 0) is 6.42 Å². The van der Waals surface area contributed by atoms with Gasteiger partial charge in [-0.1, -0.05) is 5.21 Å². The lowest BCUT2D eigenvalue weighted by Gasteiger charge is -2.13. The van der Waals surface area contributed by atoms with Crippen LogP contribution in [0.1, 0.15) is 19.3 Å². The van der Waals surface area contributed by atoms with E-state index in [1.165, 1.54) is 10.9 Å². The number of nitrogens with zero attached hydrogens (tertiary/aromatic N) is 3. The molecule has 0 bridgehead atoms. The van der Waals surface area contributed by atoms with E-state index >= 15 is 0 Å². The lowest BCUT2D eigenvalue weighted by atomic mass is 10.2. The maximum absolute atomic E-state index is 12.8. The van der Waals surface area contributed by atoms with E-state index < -0.39 is 5.92 Å². The zero-order chi connectivity index (χ0) is 10.2. The quantitative estimate of drug-likeness (QED) is 0.788. The molecule has 1 atom stereocenters. The highest BCUT2D eigenvalue weighted by atomic mass is 19.3. The van der Waals surface area contributed by atoms with Crippen LogP contribution in [0.5, 0.6) is 0 Å². The highest BCUT2D eigenvalue weighted by Crippen LogP contribution is 2.35. The Labute approximate surface area is 80.3 Å². The molecule has 6 heteroatoms. The van der Waals surface area contributed by atoms with Gasteiger partial charge in [0, 0.05) is 25.9 Å². The normalized spacial score (nSPS) is 25.2. The molecule has 1 fully saturated rings. The number of aromatic nitrogens is 3. The molecule has 1 unspecified atom stereocenters. The van der Waals surface area contributed by atoms with Crippen LogP contribution in [0.25, 0.3) is 0 Å². The van der Waals surface area contributed by atoms with E-state index in [0.29, 0.717) is 12.2 Å². The van der Waals surface area contributed by atoms with E-state index in [9.17, 15) is 8.78 Å². The number of halogens is 2. The van der Waals surface area contributed by atoms with Crippen LogP contribution in [0, 0.1) is 0 Å². The highest BCUT2D eigenvalue weighted by molar-refractivity contribution is 5.32. The van der Waals surface area contributed by atoms with Gasteiger partial charge < -0.3 is 5.32 Å². The first kappa shape index (κ1) is 9.36. The Balaban J connectivity index is 1.97. The summed E-state index contributed by atoms with van der Waals surface area (Å²) < 4.78 is 27.2. The maximum atomic E-state index is 12.8.